The largest absolute Gasteiger partial charge is 0.398 e. The fourth-order valence-corrected chi connectivity index (χ4v) is 3.51. The maximum atomic E-state index is 12.1. The molecule has 0 aliphatic rings. The van der Waals surface area contributed by atoms with Crippen LogP contribution in [0.5, 0.6) is 0 Å². The molecule has 0 saturated heterocycles. The van der Waals surface area contributed by atoms with Crippen LogP contribution in [0.1, 0.15) is 13.8 Å². The van der Waals surface area contributed by atoms with E-state index in [9.17, 15) is 13.0 Å². The van der Waals surface area contributed by atoms with Crippen molar-refractivity contribution in [3.8, 4) is 0 Å². The van der Waals surface area contributed by atoms with E-state index in [1.807, 2.05) is 0 Å². The van der Waals surface area contributed by atoms with Gasteiger partial charge in [-0.15, -0.1) is 0 Å². The van der Waals surface area contributed by atoms with E-state index in [4.69, 9.17) is 5.73 Å². The van der Waals surface area contributed by atoms with E-state index in [1.54, 1.807) is 33.2 Å². The van der Waals surface area contributed by atoms with Crippen LogP contribution in [0.2, 0.25) is 0 Å². The number of hydrogen-bond donors (Lipinski definition) is 1. The first-order chi connectivity index (χ1) is 7.56. The first kappa shape index (κ1) is 14.3. The highest BCUT2D eigenvalue weighted by Gasteiger charge is 2.24. The van der Waals surface area contributed by atoms with Crippen molar-refractivity contribution in [3.05, 3.63) is 18.2 Å². The minimum absolute atomic E-state index is 0.0777. The molecule has 96 valence electrons. The summed E-state index contributed by atoms with van der Waals surface area (Å²) < 4.78 is 36.1. The van der Waals surface area contributed by atoms with E-state index in [2.05, 4.69) is 0 Å². The standard InChI is InChI=1S/C11H18NO3PS/c1-8(2)17(14,15)11-7-9(16(3,4)13)5-6-10(11)12/h5-8H,12H2,1-4H3. The Morgan fingerprint density at radius 1 is 1.24 bits per heavy atom. The molecule has 0 aliphatic carbocycles. The molecule has 0 saturated carbocycles. The molecule has 2 N–H and O–H groups in total. The smallest absolute Gasteiger partial charge is 0.182 e. The van der Waals surface area contributed by atoms with Crippen LogP contribution in [-0.4, -0.2) is 27.0 Å². The van der Waals surface area contributed by atoms with E-state index in [0.717, 1.165) is 0 Å². The van der Waals surface area contributed by atoms with Crippen LogP contribution in [0.25, 0.3) is 0 Å². The van der Waals surface area contributed by atoms with Crippen LogP contribution in [0, 0.1) is 0 Å². The summed E-state index contributed by atoms with van der Waals surface area (Å²) in [6, 6.07) is 4.56. The molecule has 1 rings (SSSR count). The Hall–Kier alpha value is -0.800. The van der Waals surface area contributed by atoms with Crippen LogP contribution in [-0.2, 0) is 14.4 Å². The Bertz CT molecular complexity index is 572. The van der Waals surface area contributed by atoms with Gasteiger partial charge in [-0.2, -0.15) is 0 Å². The van der Waals surface area contributed by atoms with Crippen LogP contribution in [0.15, 0.2) is 23.1 Å². The van der Waals surface area contributed by atoms with Crippen LogP contribution in [0.3, 0.4) is 0 Å². The van der Waals surface area contributed by atoms with Crippen molar-refractivity contribution in [2.45, 2.75) is 24.0 Å². The molecule has 1 aromatic carbocycles. The molecule has 0 aromatic heterocycles. The lowest BCUT2D eigenvalue weighted by molar-refractivity contribution is 0.588. The normalized spacial score (nSPS) is 13.0. The first-order valence-corrected chi connectivity index (χ1v) is 9.40. The van der Waals surface area contributed by atoms with Gasteiger partial charge in [0, 0.05) is 5.30 Å². The topological polar surface area (TPSA) is 77.2 Å². The summed E-state index contributed by atoms with van der Waals surface area (Å²) >= 11 is 0. The van der Waals surface area contributed by atoms with Gasteiger partial charge in [0.1, 0.15) is 7.14 Å². The molecule has 0 heterocycles. The second kappa shape index (κ2) is 4.46. The van der Waals surface area contributed by atoms with Crippen molar-refractivity contribution in [2.24, 2.45) is 0 Å². The minimum Gasteiger partial charge on any atom is -0.398 e. The van der Waals surface area contributed by atoms with Crippen molar-refractivity contribution in [1.29, 1.82) is 0 Å². The minimum atomic E-state index is -3.44. The lowest BCUT2D eigenvalue weighted by atomic mass is 10.3. The summed E-state index contributed by atoms with van der Waals surface area (Å²) in [4.78, 5) is 0.0777. The molecule has 0 spiro atoms. The Balaban J connectivity index is 3.51. The fourth-order valence-electron chi connectivity index (χ4n) is 1.36. The van der Waals surface area contributed by atoms with Crippen LogP contribution in [0.4, 0.5) is 5.69 Å². The van der Waals surface area contributed by atoms with Crippen molar-refractivity contribution in [1.82, 2.24) is 0 Å². The van der Waals surface area contributed by atoms with Gasteiger partial charge >= 0.3 is 0 Å². The zero-order valence-corrected chi connectivity index (χ0v) is 12.2. The molecular weight excluding hydrogens is 257 g/mol. The van der Waals surface area contributed by atoms with E-state index in [1.165, 1.54) is 12.1 Å². The van der Waals surface area contributed by atoms with E-state index in [-0.39, 0.29) is 10.6 Å². The predicted molar refractivity (Wildman–Crippen MR) is 72.3 cm³/mol. The van der Waals surface area contributed by atoms with Gasteiger partial charge in [-0.05, 0) is 45.4 Å². The number of rotatable bonds is 3. The quantitative estimate of drug-likeness (QED) is 0.672. The van der Waals surface area contributed by atoms with Gasteiger partial charge in [0.25, 0.3) is 0 Å². The number of nitrogen functional groups attached to an aromatic ring is 1. The lowest BCUT2D eigenvalue weighted by Gasteiger charge is -2.14. The van der Waals surface area contributed by atoms with Gasteiger partial charge in [0.15, 0.2) is 9.84 Å². The third kappa shape index (κ3) is 2.90. The second-order valence-electron chi connectivity index (χ2n) is 4.67. The monoisotopic (exact) mass is 275 g/mol. The van der Waals surface area contributed by atoms with Crippen molar-refractivity contribution >= 4 is 28.0 Å². The number of sulfone groups is 1. The summed E-state index contributed by atoms with van der Waals surface area (Å²) in [5, 5.41) is -0.0147. The van der Waals surface area contributed by atoms with Gasteiger partial charge < -0.3 is 10.3 Å². The molecule has 0 radical (unpaired) electrons. The second-order valence-corrected chi connectivity index (χ2v) is 10.4. The van der Waals surface area contributed by atoms with Crippen LogP contribution < -0.4 is 11.0 Å². The average molecular weight is 275 g/mol. The molecule has 0 atom stereocenters. The highest BCUT2D eigenvalue weighted by molar-refractivity contribution is 7.92. The molecule has 0 fully saturated rings. The van der Waals surface area contributed by atoms with Crippen molar-refractivity contribution < 1.29 is 13.0 Å². The fraction of sp³-hybridized carbons (Fsp3) is 0.455. The molecule has 0 unspecified atom stereocenters. The maximum absolute atomic E-state index is 12.1. The average Bonchev–Trinajstić information content (AvgIpc) is 2.15. The Labute approximate surface area is 103 Å². The SMILES string of the molecule is CC(C)S(=O)(=O)c1cc(P(C)(C)=O)ccc1N. The number of nitrogens with two attached hydrogens (primary N) is 1. The number of benzene rings is 1. The van der Waals surface area contributed by atoms with E-state index in [0.29, 0.717) is 5.30 Å². The van der Waals surface area contributed by atoms with Gasteiger partial charge in [0.2, 0.25) is 0 Å². The zero-order valence-electron chi connectivity index (χ0n) is 10.5. The molecule has 0 bridgehead atoms. The Morgan fingerprint density at radius 3 is 2.18 bits per heavy atom. The molecule has 0 amide bonds. The van der Waals surface area contributed by atoms with Gasteiger partial charge in [0.05, 0.1) is 15.8 Å². The van der Waals surface area contributed by atoms with E-state index >= 15 is 0 Å². The highest BCUT2D eigenvalue weighted by Crippen LogP contribution is 2.36. The molecular formula is C11H18NO3PS. The van der Waals surface area contributed by atoms with Crippen LogP contribution >= 0.6 is 7.14 Å². The number of hydrogen-bond acceptors (Lipinski definition) is 4. The maximum Gasteiger partial charge on any atom is 0.182 e. The first-order valence-electron chi connectivity index (χ1n) is 5.26. The van der Waals surface area contributed by atoms with Gasteiger partial charge in [-0.1, -0.05) is 0 Å². The summed E-state index contributed by atoms with van der Waals surface area (Å²) in [6.07, 6.45) is 0. The Morgan fingerprint density at radius 2 is 1.76 bits per heavy atom. The highest BCUT2D eigenvalue weighted by atomic mass is 32.2. The zero-order chi connectivity index (χ0) is 13.4. The molecule has 1 aromatic rings. The molecule has 17 heavy (non-hydrogen) atoms. The summed E-state index contributed by atoms with van der Waals surface area (Å²) in [5.41, 5.74) is 5.89. The molecule has 6 heteroatoms. The number of anilines is 1. The molecule has 0 aliphatic heterocycles. The van der Waals surface area contributed by atoms with Crippen molar-refractivity contribution in [3.63, 3.8) is 0 Å². The van der Waals surface area contributed by atoms with Gasteiger partial charge in [-0.3, -0.25) is 0 Å². The third-order valence-electron chi connectivity index (χ3n) is 2.55. The van der Waals surface area contributed by atoms with E-state index < -0.39 is 22.2 Å². The summed E-state index contributed by atoms with van der Waals surface area (Å²) in [6.45, 7) is 6.40. The summed E-state index contributed by atoms with van der Waals surface area (Å²) in [5.74, 6) is 0. The van der Waals surface area contributed by atoms with Crippen molar-refractivity contribution in [2.75, 3.05) is 19.1 Å². The van der Waals surface area contributed by atoms with Gasteiger partial charge in [-0.25, -0.2) is 8.42 Å². The Kier molecular flexibility index (Phi) is 3.75. The third-order valence-corrected chi connectivity index (χ3v) is 6.28. The summed E-state index contributed by atoms with van der Waals surface area (Å²) in [7, 11) is -5.92. The predicted octanol–water partition coefficient (Wildman–Crippen LogP) is 1.70. The lowest BCUT2D eigenvalue weighted by Crippen LogP contribution is -2.18. The molecule has 4 nitrogen and oxygen atoms in total.